The summed E-state index contributed by atoms with van der Waals surface area (Å²) >= 11 is 0. The molecule has 0 atom stereocenters. The Bertz CT molecular complexity index is 52.4. The van der Waals surface area contributed by atoms with E-state index in [1.165, 1.54) is 0 Å². The molecule has 1 aliphatic rings. The molecule has 0 bridgehead atoms. The van der Waals surface area contributed by atoms with Gasteiger partial charge in [-0.15, -0.1) is 24.0 Å². The van der Waals surface area contributed by atoms with E-state index in [0.29, 0.717) is 6.04 Å². The van der Waals surface area contributed by atoms with E-state index in [1.807, 2.05) is 0 Å². The molecule has 50 valence electrons. The van der Waals surface area contributed by atoms with E-state index in [4.69, 9.17) is 5.73 Å². The van der Waals surface area contributed by atoms with Gasteiger partial charge in [0.15, 0.2) is 0 Å². The van der Waals surface area contributed by atoms with Crippen LogP contribution >= 0.6 is 24.0 Å². The predicted octanol–water partition coefficient (Wildman–Crippen LogP) is 0.315. The predicted molar refractivity (Wildman–Crippen MR) is 45.5 cm³/mol. The van der Waals surface area contributed by atoms with E-state index in [-0.39, 0.29) is 24.0 Å². The number of nitrogens with one attached hydrogen (secondary N) is 1. The Kier molecular flexibility index (Phi) is 4.89. The van der Waals surface area contributed by atoms with Crippen LogP contribution in [0, 0.1) is 0 Å². The number of nitrogens with two attached hydrogens (primary N) is 1. The topological polar surface area (TPSA) is 38.0 Å². The van der Waals surface area contributed by atoms with E-state index < -0.39 is 0 Å². The summed E-state index contributed by atoms with van der Waals surface area (Å²) in [5, 5.41) is 3.24. The van der Waals surface area contributed by atoms with Crippen LogP contribution in [0.25, 0.3) is 0 Å². The standard InChI is InChI=1S/C5H12N2.HI/c6-5-1-3-7-4-2-5;/h5,7H,1-4,6H2;1H. The van der Waals surface area contributed by atoms with E-state index in [1.54, 1.807) is 0 Å². The van der Waals surface area contributed by atoms with Crippen LogP contribution in [0.3, 0.4) is 0 Å². The van der Waals surface area contributed by atoms with Crippen LogP contribution < -0.4 is 11.1 Å². The van der Waals surface area contributed by atoms with E-state index in [2.05, 4.69) is 5.32 Å². The first-order valence-electron chi connectivity index (χ1n) is 2.86. The van der Waals surface area contributed by atoms with Crippen molar-refractivity contribution in [2.45, 2.75) is 18.9 Å². The number of halogens is 1. The minimum atomic E-state index is 0. The third-order valence-electron chi connectivity index (χ3n) is 1.38. The smallest absolute Gasteiger partial charge is 0.00629 e. The molecule has 0 saturated carbocycles. The van der Waals surface area contributed by atoms with Gasteiger partial charge in [-0.05, 0) is 25.9 Å². The number of hydrogen-bond donors (Lipinski definition) is 2. The first kappa shape index (κ1) is 8.65. The molecule has 0 aliphatic carbocycles. The average molecular weight is 228 g/mol. The molecular weight excluding hydrogens is 215 g/mol. The maximum absolute atomic E-state index is 5.59. The Labute approximate surface area is 67.2 Å². The van der Waals surface area contributed by atoms with Crippen molar-refractivity contribution in [3.8, 4) is 0 Å². The summed E-state index contributed by atoms with van der Waals surface area (Å²) in [6.45, 7) is 2.22. The van der Waals surface area contributed by atoms with E-state index in [0.717, 1.165) is 25.9 Å². The van der Waals surface area contributed by atoms with Crippen LogP contribution in [0.1, 0.15) is 12.8 Å². The quantitative estimate of drug-likeness (QED) is 0.586. The summed E-state index contributed by atoms with van der Waals surface area (Å²) in [4.78, 5) is 0. The Morgan fingerprint density at radius 1 is 1.25 bits per heavy atom. The highest BCUT2D eigenvalue weighted by Gasteiger charge is 2.05. The third-order valence-corrected chi connectivity index (χ3v) is 1.38. The minimum absolute atomic E-state index is 0. The van der Waals surface area contributed by atoms with Crippen LogP contribution in [-0.2, 0) is 0 Å². The minimum Gasteiger partial charge on any atom is -0.328 e. The van der Waals surface area contributed by atoms with Crippen molar-refractivity contribution in [1.82, 2.24) is 5.32 Å². The fourth-order valence-corrected chi connectivity index (χ4v) is 0.844. The Hall–Kier alpha value is 0.650. The first-order valence-corrected chi connectivity index (χ1v) is 2.86. The molecule has 1 heterocycles. The molecule has 1 aliphatic heterocycles. The zero-order valence-electron chi connectivity index (χ0n) is 4.89. The van der Waals surface area contributed by atoms with Crippen molar-refractivity contribution >= 4 is 24.0 Å². The molecule has 0 radical (unpaired) electrons. The van der Waals surface area contributed by atoms with Gasteiger partial charge in [0.25, 0.3) is 0 Å². The van der Waals surface area contributed by atoms with Crippen LogP contribution in [-0.4, -0.2) is 19.1 Å². The molecule has 3 N–H and O–H groups in total. The summed E-state index contributed by atoms with van der Waals surface area (Å²) in [5.74, 6) is 0. The van der Waals surface area contributed by atoms with Gasteiger partial charge in [-0.3, -0.25) is 0 Å². The fourth-order valence-electron chi connectivity index (χ4n) is 0.844. The molecule has 0 unspecified atom stereocenters. The Balaban J connectivity index is 0.000000490. The van der Waals surface area contributed by atoms with Gasteiger partial charge in [-0.2, -0.15) is 0 Å². The van der Waals surface area contributed by atoms with Gasteiger partial charge in [0, 0.05) is 6.04 Å². The SMILES string of the molecule is I.NC1CCNCC1. The zero-order chi connectivity index (χ0) is 5.11. The van der Waals surface area contributed by atoms with Crippen molar-refractivity contribution in [3.63, 3.8) is 0 Å². The van der Waals surface area contributed by atoms with Crippen molar-refractivity contribution in [2.24, 2.45) is 5.73 Å². The summed E-state index contributed by atoms with van der Waals surface area (Å²) in [7, 11) is 0. The van der Waals surface area contributed by atoms with Crippen molar-refractivity contribution in [1.29, 1.82) is 0 Å². The van der Waals surface area contributed by atoms with Crippen LogP contribution in [0.15, 0.2) is 0 Å². The van der Waals surface area contributed by atoms with Crippen molar-refractivity contribution in [2.75, 3.05) is 13.1 Å². The number of piperidine rings is 1. The zero-order valence-corrected chi connectivity index (χ0v) is 7.22. The van der Waals surface area contributed by atoms with Crippen molar-refractivity contribution in [3.05, 3.63) is 0 Å². The van der Waals surface area contributed by atoms with Gasteiger partial charge in [-0.25, -0.2) is 0 Å². The van der Waals surface area contributed by atoms with Crippen LogP contribution in [0.2, 0.25) is 0 Å². The van der Waals surface area contributed by atoms with Crippen LogP contribution in [0.4, 0.5) is 0 Å². The molecule has 1 rings (SSSR count). The van der Waals surface area contributed by atoms with Gasteiger partial charge < -0.3 is 11.1 Å². The second kappa shape index (κ2) is 4.52. The summed E-state index contributed by atoms with van der Waals surface area (Å²) in [6.07, 6.45) is 2.31. The molecule has 1 saturated heterocycles. The monoisotopic (exact) mass is 228 g/mol. The maximum Gasteiger partial charge on any atom is 0.00629 e. The fraction of sp³-hybridized carbons (Fsp3) is 1.00. The average Bonchev–Trinajstić information content (AvgIpc) is 1.69. The molecule has 0 aromatic rings. The highest BCUT2D eigenvalue weighted by atomic mass is 127. The molecule has 0 aromatic carbocycles. The molecule has 0 aromatic heterocycles. The van der Waals surface area contributed by atoms with Crippen LogP contribution in [0.5, 0.6) is 0 Å². The Morgan fingerprint density at radius 3 is 2.00 bits per heavy atom. The molecule has 2 nitrogen and oxygen atoms in total. The molecule has 3 heteroatoms. The summed E-state index contributed by atoms with van der Waals surface area (Å²) in [5.41, 5.74) is 5.59. The molecule has 1 fully saturated rings. The Morgan fingerprint density at radius 2 is 1.75 bits per heavy atom. The summed E-state index contributed by atoms with van der Waals surface area (Å²) < 4.78 is 0. The molecular formula is C5H13IN2. The normalized spacial score (nSPS) is 22.1. The lowest BCUT2D eigenvalue weighted by Crippen LogP contribution is -2.35. The third kappa shape index (κ3) is 2.84. The number of hydrogen-bond acceptors (Lipinski definition) is 2. The van der Waals surface area contributed by atoms with Gasteiger partial charge >= 0.3 is 0 Å². The highest BCUT2D eigenvalue weighted by molar-refractivity contribution is 14.0. The van der Waals surface area contributed by atoms with E-state index >= 15 is 0 Å². The highest BCUT2D eigenvalue weighted by Crippen LogP contribution is 1.96. The van der Waals surface area contributed by atoms with Gasteiger partial charge in [0.2, 0.25) is 0 Å². The van der Waals surface area contributed by atoms with Gasteiger partial charge in [0.1, 0.15) is 0 Å². The number of rotatable bonds is 0. The molecule has 0 spiro atoms. The largest absolute Gasteiger partial charge is 0.328 e. The lowest BCUT2D eigenvalue weighted by Gasteiger charge is -2.17. The van der Waals surface area contributed by atoms with Gasteiger partial charge in [-0.1, -0.05) is 0 Å². The van der Waals surface area contributed by atoms with Gasteiger partial charge in [0.05, 0.1) is 0 Å². The molecule has 0 amide bonds. The second-order valence-electron chi connectivity index (χ2n) is 2.09. The lowest BCUT2D eigenvalue weighted by atomic mass is 10.1. The second-order valence-corrected chi connectivity index (χ2v) is 2.09. The first-order chi connectivity index (χ1) is 3.39. The maximum atomic E-state index is 5.59. The van der Waals surface area contributed by atoms with Crippen molar-refractivity contribution < 1.29 is 0 Å². The summed E-state index contributed by atoms with van der Waals surface area (Å²) in [6, 6.07) is 0.473. The lowest BCUT2D eigenvalue weighted by molar-refractivity contribution is 0.458. The van der Waals surface area contributed by atoms with E-state index in [9.17, 15) is 0 Å². The molecule has 8 heavy (non-hydrogen) atoms.